The molecule has 0 aliphatic rings. The quantitative estimate of drug-likeness (QED) is 0.783. The maximum atomic E-state index is 12.6. The van der Waals surface area contributed by atoms with Crippen molar-refractivity contribution < 1.29 is 24.2 Å². The molecule has 27 heavy (non-hydrogen) atoms. The summed E-state index contributed by atoms with van der Waals surface area (Å²) in [5.41, 5.74) is -1.43. The second kappa shape index (κ2) is 7.61. The summed E-state index contributed by atoms with van der Waals surface area (Å²) in [6.07, 6.45) is -0.854. The smallest absolute Gasteiger partial charge is 0.408 e. The van der Waals surface area contributed by atoms with Gasteiger partial charge in [0.1, 0.15) is 5.60 Å². The van der Waals surface area contributed by atoms with Crippen LogP contribution in [-0.2, 0) is 15.1 Å². The van der Waals surface area contributed by atoms with E-state index in [1.54, 1.807) is 69.3 Å². The Kier molecular flexibility index (Phi) is 5.69. The fraction of sp³-hybridized carbons (Fsp3) is 0.286. The predicted molar refractivity (Wildman–Crippen MR) is 101 cm³/mol. The second-order valence-electron chi connectivity index (χ2n) is 7.33. The lowest BCUT2D eigenvalue weighted by Crippen LogP contribution is -2.51. The Bertz CT molecular complexity index is 854. The van der Waals surface area contributed by atoms with Crippen LogP contribution in [0.2, 0.25) is 0 Å². The largest absolute Gasteiger partial charge is 0.479 e. The van der Waals surface area contributed by atoms with Gasteiger partial charge in [-0.2, -0.15) is 0 Å². The number of nitrogens with one attached hydrogen (secondary N) is 1. The van der Waals surface area contributed by atoms with E-state index in [0.717, 1.165) is 0 Å². The minimum absolute atomic E-state index is 0.234. The molecule has 0 fully saturated rings. The molecule has 2 rings (SSSR count). The van der Waals surface area contributed by atoms with Crippen molar-refractivity contribution in [3.05, 3.63) is 71.3 Å². The molecular formula is C21H23NO5. The van der Waals surface area contributed by atoms with Crippen molar-refractivity contribution in [3.8, 4) is 0 Å². The molecule has 0 saturated carbocycles. The van der Waals surface area contributed by atoms with E-state index in [1.165, 1.54) is 13.0 Å². The van der Waals surface area contributed by atoms with Gasteiger partial charge in [-0.05, 0) is 39.3 Å². The average Bonchev–Trinajstić information content (AvgIpc) is 2.60. The number of benzene rings is 2. The fourth-order valence-electron chi connectivity index (χ4n) is 2.48. The molecule has 0 bridgehead atoms. The van der Waals surface area contributed by atoms with Crippen LogP contribution < -0.4 is 5.32 Å². The van der Waals surface area contributed by atoms with E-state index >= 15 is 0 Å². The van der Waals surface area contributed by atoms with Crippen LogP contribution in [0.3, 0.4) is 0 Å². The van der Waals surface area contributed by atoms with E-state index in [1.807, 2.05) is 0 Å². The van der Waals surface area contributed by atoms with Gasteiger partial charge in [0.2, 0.25) is 0 Å². The monoisotopic (exact) mass is 369 g/mol. The topological polar surface area (TPSA) is 92.7 Å². The Morgan fingerprint density at radius 1 is 0.889 bits per heavy atom. The van der Waals surface area contributed by atoms with Crippen LogP contribution in [0.25, 0.3) is 0 Å². The van der Waals surface area contributed by atoms with E-state index in [9.17, 15) is 19.5 Å². The van der Waals surface area contributed by atoms with Gasteiger partial charge in [-0.3, -0.25) is 4.79 Å². The molecule has 2 aromatic carbocycles. The lowest BCUT2D eigenvalue weighted by molar-refractivity contribution is -0.144. The highest BCUT2D eigenvalue weighted by molar-refractivity contribution is 6.09. The number of amides is 1. The summed E-state index contributed by atoms with van der Waals surface area (Å²) in [5.74, 6) is -1.50. The summed E-state index contributed by atoms with van der Waals surface area (Å²) >= 11 is 0. The van der Waals surface area contributed by atoms with Crippen LogP contribution in [0.1, 0.15) is 49.2 Å². The van der Waals surface area contributed by atoms with Crippen LogP contribution in [0.15, 0.2) is 54.6 Å². The molecule has 0 heterocycles. The highest BCUT2D eigenvalue weighted by atomic mass is 16.6. The molecule has 0 aliphatic carbocycles. The maximum absolute atomic E-state index is 12.6. The zero-order chi connectivity index (χ0) is 20.2. The fourth-order valence-corrected chi connectivity index (χ4v) is 2.48. The number of carboxylic acids is 1. The molecular weight excluding hydrogens is 346 g/mol. The zero-order valence-corrected chi connectivity index (χ0v) is 15.8. The van der Waals surface area contributed by atoms with Crippen LogP contribution in [0.5, 0.6) is 0 Å². The molecule has 6 heteroatoms. The minimum atomic E-state index is -1.75. The standard InChI is InChI=1S/C21H23NO5/c1-20(2,3)27-19(26)22-21(4,18(24)25)16-12-8-11-15(13-16)17(23)14-9-6-5-7-10-14/h5-13H,1-4H3,(H,22,26)(H,24,25)/t21-/m0/s1. The highest BCUT2D eigenvalue weighted by Crippen LogP contribution is 2.24. The summed E-state index contributed by atoms with van der Waals surface area (Å²) < 4.78 is 5.17. The maximum Gasteiger partial charge on any atom is 0.408 e. The Hall–Kier alpha value is -3.15. The van der Waals surface area contributed by atoms with Gasteiger partial charge in [-0.25, -0.2) is 9.59 Å². The van der Waals surface area contributed by atoms with E-state index in [-0.39, 0.29) is 11.3 Å². The number of ketones is 1. The number of hydrogen-bond acceptors (Lipinski definition) is 4. The predicted octanol–water partition coefficient (Wildman–Crippen LogP) is 3.74. The number of carbonyl (C=O) groups is 3. The number of rotatable bonds is 5. The molecule has 2 aromatic rings. The van der Waals surface area contributed by atoms with Gasteiger partial charge >= 0.3 is 12.1 Å². The molecule has 0 saturated heterocycles. The SMILES string of the molecule is CC(C)(C)OC(=O)N[C@](C)(C(=O)O)c1cccc(C(=O)c2ccccc2)c1. The number of alkyl carbamates (subject to hydrolysis) is 1. The zero-order valence-electron chi connectivity index (χ0n) is 15.8. The van der Waals surface area contributed by atoms with E-state index in [4.69, 9.17) is 4.74 Å². The van der Waals surface area contributed by atoms with E-state index in [2.05, 4.69) is 5.32 Å². The van der Waals surface area contributed by atoms with Crippen LogP contribution in [0.4, 0.5) is 4.79 Å². The molecule has 1 atom stereocenters. The molecule has 6 nitrogen and oxygen atoms in total. The second-order valence-corrected chi connectivity index (χ2v) is 7.33. The Balaban J connectivity index is 2.37. The van der Waals surface area contributed by atoms with Gasteiger partial charge in [0.05, 0.1) is 0 Å². The number of ether oxygens (including phenoxy) is 1. The summed E-state index contributed by atoms with van der Waals surface area (Å²) in [6.45, 7) is 6.41. The van der Waals surface area contributed by atoms with Gasteiger partial charge in [-0.15, -0.1) is 0 Å². The van der Waals surface area contributed by atoms with Gasteiger partial charge in [0, 0.05) is 11.1 Å². The summed E-state index contributed by atoms with van der Waals surface area (Å²) in [7, 11) is 0. The van der Waals surface area contributed by atoms with E-state index < -0.39 is 23.2 Å². The summed E-state index contributed by atoms with van der Waals surface area (Å²) in [4.78, 5) is 36.7. The van der Waals surface area contributed by atoms with Crippen molar-refractivity contribution in [3.63, 3.8) is 0 Å². The molecule has 142 valence electrons. The first-order valence-electron chi connectivity index (χ1n) is 8.48. The molecule has 0 radical (unpaired) electrons. The first-order chi connectivity index (χ1) is 12.5. The Morgan fingerprint density at radius 2 is 1.48 bits per heavy atom. The molecule has 0 aliphatic heterocycles. The lowest BCUT2D eigenvalue weighted by Gasteiger charge is -2.29. The van der Waals surface area contributed by atoms with Gasteiger partial charge in [0.25, 0.3) is 0 Å². The molecule has 0 unspecified atom stereocenters. The lowest BCUT2D eigenvalue weighted by atomic mass is 9.89. The van der Waals surface area contributed by atoms with Crippen molar-refractivity contribution in [1.82, 2.24) is 5.32 Å². The van der Waals surface area contributed by atoms with Gasteiger partial charge in [0.15, 0.2) is 11.3 Å². The number of carbonyl (C=O) groups excluding carboxylic acids is 2. The minimum Gasteiger partial charge on any atom is -0.479 e. The van der Waals surface area contributed by atoms with E-state index in [0.29, 0.717) is 11.1 Å². The number of carboxylic acid groups (broad SMARTS) is 1. The van der Waals surface area contributed by atoms with Gasteiger partial charge < -0.3 is 15.2 Å². The van der Waals surface area contributed by atoms with Crippen molar-refractivity contribution in [1.29, 1.82) is 0 Å². The Labute approximate surface area is 158 Å². The molecule has 0 spiro atoms. The normalized spacial score (nSPS) is 13.3. The van der Waals surface area contributed by atoms with Crippen LogP contribution in [-0.4, -0.2) is 28.6 Å². The Morgan fingerprint density at radius 3 is 2.04 bits per heavy atom. The van der Waals surface area contributed by atoms with Crippen molar-refractivity contribution >= 4 is 17.8 Å². The first kappa shape index (κ1) is 20.2. The first-order valence-corrected chi connectivity index (χ1v) is 8.48. The average molecular weight is 369 g/mol. The third kappa shape index (κ3) is 4.94. The van der Waals surface area contributed by atoms with Crippen LogP contribution >= 0.6 is 0 Å². The molecule has 0 aromatic heterocycles. The van der Waals surface area contributed by atoms with Crippen molar-refractivity contribution in [2.24, 2.45) is 0 Å². The van der Waals surface area contributed by atoms with Crippen molar-refractivity contribution in [2.75, 3.05) is 0 Å². The summed E-state index contributed by atoms with van der Waals surface area (Å²) in [5, 5.41) is 12.1. The summed E-state index contributed by atoms with van der Waals surface area (Å²) in [6, 6.07) is 14.9. The highest BCUT2D eigenvalue weighted by Gasteiger charge is 2.38. The molecule has 1 amide bonds. The van der Waals surface area contributed by atoms with Gasteiger partial charge in [-0.1, -0.05) is 48.5 Å². The third-order valence-corrected chi connectivity index (χ3v) is 3.92. The number of hydrogen-bond donors (Lipinski definition) is 2. The third-order valence-electron chi connectivity index (χ3n) is 3.92. The van der Waals surface area contributed by atoms with Crippen LogP contribution in [0, 0.1) is 0 Å². The van der Waals surface area contributed by atoms with Crippen molar-refractivity contribution in [2.45, 2.75) is 38.8 Å². The molecule has 2 N–H and O–H groups in total. The number of aliphatic carboxylic acids is 1.